The number of allylic oxidation sites excluding steroid dienone is 1. The number of carbonyl (C=O) groups is 1. The maximum atomic E-state index is 11.8. The van der Waals surface area contributed by atoms with E-state index in [-0.39, 0.29) is 17.5 Å². The van der Waals surface area contributed by atoms with Gasteiger partial charge in [-0.2, -0.15) is 0 Å². The average Bonchev–Trinajstić information content (AvgIpc) is 2.62. The molecule has 1 aliphatic rings. The predicted octanol–water partition coefficient (Wildman–Crippen LogP) is 3.44. The van der Waals surface area contributed by atoms with Crippen molar-refractivity contribution in [3.8, 4) is 5.75 Å². The van der Waals surface area contributed by atoms with E-state index in [0.29, 0.717) is 6.42 Å². The van der Waals surface area contributed by atoms with Gasteiger partial charge in [-0.15, -0.1) is 0 Å². The van der Waals surface area contributed by atoms with Gasteiger partial charge in [0.05, 0.1) is 13.0 Å². The summed E-state index contributed by atoms with van der Waals surface area (Å²) in [5, 5.41) is 0. The van der Waals surface area contributed by atoms with Gasteiger partial charge in [-0.3, -0.25) is 4.79 Å². The van der Waals surface area contributed by atoms with Crippen molar-refractivity contribution in [1.82, 2.24) is 0 Å². The lowest BCUT2D eigenvalue weighted by atomic mass is 9.90. The van der Waals surface area contributed by atoms with E-state index in [1.54, 1.807) is 7.11 Å². The first-order valence-electron chi connectivity index (χ1n) is 6.46. The predicted molar refractivity (Wildman–Crippen MR) is 74.9 cm³/mol. The molecule has 0 saturated carbocycles. The molecule has 1 atom stereocenters. The number of benzene rings is 1. The molecule has 0 aromatic heterocycles. The van der Waals surface area contributed by atoms with Crippen LogP contribution in [0.5, 0.6) is 5.75 Å². The van der Waals surface area contributed by atoms with Crippen LogP contribution in [0.25, 0.3) is 5.57 Å². The van der Waals surface area contributed by atoms with E-state index < -0.39 is 0 Å². The summed E-state index contributed by atoms with van der Waals surface area (Å²) in [6.07, 6.45) is 1.40. The van der Waals surface area contributed by atoms with Crippen LogP contribution < -0.4 is 4.74 Å². The molecular formula is C16H20O3. The molecule has 1 unspecified atom stereocenters. The van der Waals surface area contributed by atoms with Gasteiger partial charge in [0.25, 0.3) is 0 Å². The van der Waals surface area contributed by atoms with Crippen molar-refractivity contribution in [2.45, 2.75) is 32.3 Å². The van der Waals surface area contributed by atoms with Crippen molar-refractivity contribution in [2.24, 2.45) is 5.92 Å². The van der Waals surface area contributed by atoms with E-state index in [0.717, 1.165) is 23.3 Å². The topological polar surface area (TPSA) is 35.5 Å². The number of esters is 1. The maximum absolute atomic E-state index is 11.8. The van der Waals surface area contributed by atoms with E-state index in [1.807, 2.05) is 38.1 Å². The fourth-order valence-electron chi connectivity index (χ4n) is 2.47. The minimum atomic E-state index is -0.345. The second-order valence-corrected chi connectivity index (χ2v) is 5.62. The van der Waals surface area contributed by atoms with Crippen LogP contribution in [0.15, 0.2) is 30.8 Å². The summed E-state index contributed by atoms with van der Waals surface area (Å²) in [6, 6.07) is 7.73. The van der Waals surface area contributed by atoms with E-state index in [4.69, 9.17) is 9.47 Å². The van der Waals surface area contributed by atoms with Crippen LogP contribution in [-0.4, -0.2) is 18.7 Å². The van der Waals surface area contributed by atoms with Crippen molar-refractivity contribution < 1.29 is 14.3 Å². The summed E-state index contributed by atoms with van der Waals surface area (Å²) in [5.41, 5.74) is 1.66. The zero-order valence-electron chi connectivity index (χ0n) is 11.7. The second-order valence-electron chi connectivity index (χ2n) is 5.62. The van der Waals surface area contributed by atoms with Gasteiger partial charge >= 0.3 is 5.97 Å². The average molecular weight is 260 g/mol. The van der Waals surface area contributed by atoms with E-state index in [2.05, 4.69) is 6.58 Å². The normalized spacial score (nSPS) is 21.0. The van der Waals surface area contributed by atoms with Crippen molar-refractivity contribution in [3.63, 3.8) is 0 Å². The van der Waals surface area contributed by atoms with Gasteiger partial charge in [0.1, 0.15) is 11.4 Å². The molecule has 0 N–H and O–H groups in total. The van der Waals surface area contributed by atoms with Gasteiger partial charge in [0.15, 0.2) is 0 Å². The number of hydrogen-bond acceptors (Lipinski definition) is 3. The number of rotatable bonds is 4. The SMILES string of the molecule is C=C(CC1CC(C)(C)OC1=O)c1ccc(OC)cc1. The number of methoxy groups -OCH3 is 1. The molecular weight excluding hydrogens is 240 g/mol. The minimum Gasteiger partial charge on any atom is -0.497 e. The van der Waals surface area contributed by atoms with Crippen LogP contribution in [0.4, 0.5) is 0 Å². The Morgan fingerprint density at radius 2 is 2.05 bits per heavy atom. The highest BCUT2D eigenvalue weighted by Crippen LogP contribution is 2.35. The van der Waals surface area contributed by atoms with E-state index in [9.17, 15) is 4.79 Å². The fourth-order valence-corrected chi connectivity index (χ4v) is 2.47. The van der Waals surface area contributed by atoms with Crippen LogP contribution in [0.2, 0.25) is 0 Å². The first-order valence-corrected chi connectivity index (χ1v) is 6.46. The lowest BCUT2D eigenvalue weighted by molar-refractivity contribution is -0.148. The number of hydrogen-bond donors (Lipinski definition) is 0. The fraction of sp³-hybridized carbons (Fsp3) is 0.438. The van der Waals surface area contributed by atoms with Crippen molar-refractivity contribution in [3.05, 3.63) is 36.4 Å². The van der Waals surface area contributed by atoms with Crippen LogP contribution in [0, 0.1) is 5.92 Å². The first kappa shape index (κ1) is 13.7. The number of cyclic esters (lactones) is 1. The van der Waals surface area contributed by atoms with Crippen molar-refractivity contribution >= 4 is 11.5 Å². The molecule has 1 aliphatic heterocycles. The molecule has 0 bridgehead atoms. The third-order valence-corrected chi connectivity index (χ3v) is 3.44. The van der Waals surface area contributed by atoms with Crippen LogP contribution >= 0.6 is 0 Å². The Labute approximate surface area is 114 Å². The zero-order chi connectivity index (χ0) is 14.0. The third-order valence-electron chi connectivity index (χ3n) is 3.44. The summed E-state index contributed by atoms with van der Waals surface area (Å²) in [4.78, 5) is 11.8. The third kappa shape index (κ3) is 3.16. The second kappa shape index (κ2) is 5.08. The Balaban J connectivity index is 2.03. The molecule has 0 aliphatic carbocycles. The molecule has 0 amide bonds. The molecule has 1 aromatic carbocycles. The van der Waals surface area contributed by atoms with Gasteiger partial charge < -0.3 is 9.47 Å². The molecule has 1 saturated heterocycles. The zero-order valence-corrected chi connectivity index (χ0v) is 11.7. The summed E-state index contributed by atoms with van der Waals surface area (Å²) in [5.74, 6) is 0.627. The van der Waals surface area contributed by atoms with Gasteiger partial charge in [-0.1, -0.05) is 18.7 Å². The van der Waals surface area contributed by atoms with Crippen molar-refractivity contribution in [1.29, 1.82) is 0 Å². The monoisotopic (exact) mass is 260 g/mol. The largest absolute Gasteiger partial charge is 0.497 e. The van der Waals surface area contributed by atoms with Gasteiger partial charge in [0.2, 0.25) is 0 Å². The van der Waals surface area contributed by atoms with Crippen LogP contribution in [0.3, 0.4) is 0 Å². The van der Waals surface area contributed by atoms with Crippen molar-refractivity contribution in [2.75, 3.05) is 7.11 Å². The lowest BCUT2D eigenvalue weighted by Gasteiger charge is -2.14. The molecule has 3 heteroatoms. The van der Waals surface area contributed by atoms with Gasteiger partial charge in [-0.05, 0) is 43.5 Å². The van der Waals surface area contributed by atoms with Gasteiger partial charge in [-0.25, -0.2) is 0 Å². The van der Waals surface area contributed by atoms with Gasteiger partial charge in [0, 0.05) is 6.42 Å². The summed E-state index contributed by atoms with van der Waals surface area (Å²) in [6.45, 7) is 7.97. The Morgan fingerprint density at radius 3 is 2.53 bits per heavy atom. The highest BCUT2D eigenvalue weighted by atomic mass is 16.6. The molecule has 102 valence electrons. The standard InChI is InChI=1S/C16H20O3/c1-11(12-5-7-14(18-4)8-6-12)9-13-10-16(2,3)19-15(13)17/h5-8,13H,1,9-10H2,2-4H3. The Kier molecular flexibility index (Phi) is 3.65. The number of ether oxygens (including phenoxy) is 2. The smallest absolute Gasteiger partial charge is 0.309 e. The molecule has 0 spiro atoms. The Morgan fingerprint density at radius 1 is 1.42 bits per heavy atom. The molecule has 1 heterocycles. The molecule has 19 heavy (non-hydrogen) atoms. The summed E-state index contributed by atoms with van der Waals surface area (Å²) < 4.78 is 10.5. The van der Waals surface area contributed by atoms with E-state index in [1.165, 1.54) is 0 Å². The molecule has 2 rings (SSSR count). The molecule has 3 nitrogen and oxygen atoms in total. The first-order chi connectivity index (χ1) is 8.91. The molecule has 1 fully saturated rings. The lowest BCUT2D eigenvalue weighted by Crippen LogP contribution is -2.17. The molecule has 1 aromatic rings. The quantitative estimate of drug-likeness (QED) is 0.778. The summed E-state index contributed by atoms with van der Waals surface area (Å²) in [7, 11) is 1.64. The highest BCUT2D eigenvalue weighted by Gasteiger charge is 2.39. The highest BCUT2D eigenvalue weighted by molar-refractivity contribution is 5.78. The molecule has 0 radical (unpaired) electrons. The van der Waals surface area contributed by atoms with Crippen LogP contribution in [-0.2, 0) is 9.53 Å². The number of carbonyl (C=O) groups excluding carboxylic acids is 1. The Hall–Kier alpha value is -1.77. The van der Waals surface area contributed by atoms with Crippen LogP contribution in [0.1, 0.15) is 32.3 Å². The summed E-state index contributed by atoms with van der Waals surface area (Å²) >= 11 is 0. The minimum absolute atomic E-state index is 0.0791. The van der Waals surface area contributed by atoms with E-state index >= 15 is 0 Å². The Bertz CT molecular complexity index is 485. The maximum Gasteiger partial charge on any atom is 0.309 e.